The monoisotopic (exact) mass is 405 g/mol. The number of benzene rings is 1. The van der Waals surface area contributed by atoms with Gasteiger partial charge in [-0.2, -0.15) is 0 Å². The van der Waals surface area contributed by atoms with Gasteiger partial charge in [0.25, 0.3) is 5.56 Å². The van der Waals surface area contributed by atoms with Crippen molar-refractivity contribution in [3.63, 3.8) is 0 Å². The van der Waals surface area contributed by atoms with E-state index in [1.54, 1.807) is 22.8 Å². The van der Waals surface area contributed by atoms with Crippen molar-refractivity contribution in [2.75, 3.05) is 32.4 Å². The number of aryl methyl sites for hydroxylation is 1. The van der Waals surface area contributed by atoms with E-state index >= 15 is 0 Å². The fraction of sp³-hybridized carbons (Fsp3) is 0.421. The lowest BCUT2D eigenvalue weighted by atomic mass is 10.2. The summed E-state index contributed by atoms with van der Waals surface area (Å²) < 4.78 is 17.5. The summed E-state index contributed by atoms with van der Waals surface area (Å²) in [6, 6.07) is 4.64. The van der Waals surface area contributed by atoms with Crippen LogP contribution in [0.5, 0.6) is 17.2 Å². The van der Waals surface area contributed by atoms with Gasteiger partial charge >= 0.3 is 0 Å². The summed E-state index contributed by atoms with van der Waals surface area (Å²) in [5, 5.41) is 3.52. The molecule has 1 aromatic heterocycles. The molecule has 1 aliphatic rings. The molecule has 0 radical (unpaired) electrons. The molecule has 28 heavy (non-hydrogen) atoms. The van der Waals surface area contributed by atoms with Crippen molar-refractivity contribution in [3.05, 3.63) is 34.2 Å². The summed E-state index contributed by atoms with van der Waals surface area (Å²) in [6.07, 6.45) is 0.875. The van der Waals surface area contributed by atoms with Crippen LogP contribution in [-0.2, 0) is 11.2 Å². The first-order chi connectivity index (χ1) is 13.5. The average Bonchev–Trinajstić information content (AvgIpc) is 3.09. The fourth-order valence-corrected chi connectivity index (χ4v) is 4.28. The minimum Gasteiger partial charge on any atom is -0.493 e. The summed E-state index contributed by atoms with van der Waals surface area (Å²) in [5.74, 6) is 1.78. The standard InChI is InChI=1S/C19H23N3O5S/c1-5-11-8-17(24)22-13(10-28-19(22)21-11)9-16(23)20-12-6-14(25-2)18(27-4)15(7-12)26-3/h6-8,13H,5,9-10H2,1-4H3,(H,20,23). The predicted octanol–water partition coefficient (Wildman–Crippen LogP) is 2.51. The molecule has 2 aromatic rings. The van der Waals surface area contributed by atoms with Crippen LogP contribution in [0.25, 0.3) is 0 Å². The maximum Gasteiger partial charge on any atom is 0.254 e. The number of carbonyl (C=O) groups excluding carboxylic acids is 1. The number of nitrogens with one attached hydrogen (secondary N) is 1. The molecular formula is C19H23N3O5S. The van der Waals surface area contributed by atoms with Crippen LogP contribution < -0.4 is 25.1 Å². The second kappa shape index (κ2) is 8.55. The largest absolute Gasteiger partial charge is 0.493 e. The van der Waals surface area contributed by atoms with Crippen LogP contribution in [0.15, 0.2) is 28.2 Å². The average molecular weight is 405 g/mol. The van der Waals surface area contributed by atoms with E-state index in [-0.39, 0.29) is 23.9 Å². The van der Waals surface area contributed by atoms with Gasteiger partial charge in [-0.1, -0.05) is 18.7 Å². The van der Waals surface area contributed by atoms with Gasteiger partial charge in [0.2, 0.25) is 11.7 Å². The number of hydrogen-bond acceptors (Lipinski definition) is 7. The first-order valence-corrected chi connectivity index (χ1v) is 9.84. The van der Waals surface area contributed by atoms with E-state index in [1.807, 2.05) is 6.92 Å². The lowest BCUT2D eigenvalue weighted by Crippen LogP contribution is -2.27. The molecule has 150 valence electrons. The summed E-state index contributed by atoms with van der Waals surface area (Å²) in [5.41, 5.74) is 1.18. The highest BCUT2D eigenvalue weighted by atomic mass is 32.2. The fourth-order valence-electron chi connectivity index (χ4n) is 3.11. The molecule has 0 saturated carbocycles. The second-order valence-electron chi connectivity index (χ2n) is 6.22. The molecule has 0 aliphatic carbocycles. The van der Waals surface area contributed by atoms with Gasteiger partial charge in [0.1, 0.15) is 0 Å². The van der Waals surface area contributed by atoms with E-state index in [4.69, 9.17) is 14.2 Å². The van der Waals surface area contributed by atoms with Crippen molar-refractivity contribution in [1.29, 1.82) is 0 Å². The van der Waals surface area contributed by atoms with Crippen LogP contribution in [0.4, 0.5) is 5.69 Å². The van der Waals surface area contributed by atoms with Gasteiger partial charge in [-0.15, -0.1) is 0 Å². The van der Waals surface area contributed by atoms with Crippen molar-refractivity contribution in [2.24, 2.45) is 0 Å². The summed E-state index contributed by atoms with van der Waals surface area (Å²) in [7, 11) is 4.54. The van der Waals surface area contributed by atoms with Crippen molar-refractivity contribution >= 4 is 23.4 Å². The first kappa shape index (κ1) is 20.1. The lowest BCUT2D eigenvalue weighted by Gasteiger charge is -2.16. The molecule has 0 bridgehead atoms. The minimum atomic E-state index is -0.229. The molecule has 3 rings (SSSR count). The van der Waals surface area contributed by atoms with Crippen LogP contribution in [0, 0.1) is 0 Å². The van der Waals surface area contributed by atoms with Crippen molar-refractivity contribution in [3.8, 4) is 17.2 Å². The van der Waals surface area contributed by atoms with Gasteiger partial charge < -0.3 is 19.5 Å². The number of ether oxygens (including phenoxy) is 3. The minimum absolute atomic E-state index is 0.113. The number of hydrogen-bond donors (Lipinski definition) is 1. The molecule has 1 unspecified atom stereocenters. The van der Waals surface area contributed by atoms with Gasteiger partial charge in [-0.05, 0) is 6.42 Å². The Kier molecular flexibility index (Phi) is 6.13. The Morgan fingerprint density at radius 1 is 1.21 bits per heavy atom. The van der Waals surface area contributed by atoms with Gasteiger partial charge in [-0.3, -0.25) is 14.2 Å². The molecule has 1 atom stereocenters. The maximum absolute atomic E-state index is 12.6. The van der Waals surface area contributed by atoms with E-state index in [9.17, 15) is 9.59 Å². The van der Waals surface area contributed by atoms with Crippen LogP contribution >= 0.6 is 11.8 Å². The number of amides is 1. The highest BCUT2D eigenvalue weighted by Crippen LogP contribution is 2.40. The zero-order valence-corrected chi connectivity index (χ0v) is 17.1. The van der Waals surface area contributed by atoms with Gasteiger partial charge in [0.05, 0.1) is 27.4 Å². The quantitative estimate of drug-likeness (QED) is 0.708. The Labute approximate surface area is 167 Å². The molecule has 9 heteroatoms. The van der Waals surface area contributed by atoms with Crippen molar-refractivity contribution < 1.29 is 19.0 Å². The number of anilines is 1. The highest BCUT2D eigenvalue weighted by Gasteiger charge is 2.27. The summed E-state index contributed by atoms with van der Waals surface area (Å²) in [4.78, 5) is 29.5. The Morgan fingerprint density at radius 3 is 2.46 bits per heavy atom. The topological polar surface area (TPSA) is 91.7 Å². The Balaban J connectivity index is 1.77. The summed E-state index contributed by atoms with van der Waals surface area (Å²) >= 11 is 1.50. The van der Waals surface area contributed by atoms with Gasteiger partial charge in [0.15, 0.2) is 16.7 Å². The zero-order chi connectivity index (χ0) is 20.3. The number of carbonyl (C=O) groups is 1. The number of methoxy groups -OCH3 is 3. The van der Waals surface area contributed by atoms with Gasteiger partial charge in [-0.25, -0.2) is 4.98 Å². The maximum atomic E-state index is 12.6. The smallest absolute Gasteiger partial charge is 0.254 e. The van der Waals surface area contributed by atoms with Crippen LogP contribution in [0.2, 0.25) is 0 Å². The molecule has 2 heterocycles. The number of fused-ring (bicyclic) bond motifs is 1. The van der Waals surface area contributed by atoms with Gasteiger partial charge in [0, 0.05) is 41.8 Å². The molecular weight excluding hydrogens is 382 g/mol. The SMILES string of the molecule is CCc1cc(=O)n2c(n1)SCC2CC(=O)Nc1cc(OC)c(OC)c(OC)c1. The second-order valence-corrected chi connectivity index (χ2v) is 7.21. The molecule has 1 aromatic carbocycles. The Bertz CT molecular complexity index is 919. The Hall–Kier alpha value is -2.68. The Morgan fingerprint density at radius 2 is 1.89 bits per heavy atom. The number of nitrogens with zero attached hydrogens (tertiary/aromatic N) is 2. The molecule has 8 nitrogen and oxygen atoms in total. The highest BCUT2D eigenvalue weighted by molar-refractivity contribution is 7.99. The van der Waals surface area contributed by atoms with E-state index in [0.29, 0.717) is 40.3 Å². The molecule has 1 N–H and O–H groups in total. The molecule has 0 fully saturated rings. The molecule has 0 saturated heterocycles. The van der Waals surface area contributed by atoms with Crippen LogP contribution in [0.3, 0.4) is 0 Å². The molecule has 1 aliphatic heterocycles. The number of rotatable bonds is 7. The van der Waals surface area contributed by atoms with Crippen LogP contribution in [0.1, 0.15) is 25.1 Å². The summed E-state index contributed by atoms with van der Waals surface area (Å²) in [6.45, 7) is 1.96. The van der Waals surface area contributed by atoms with E-state index in [2.05, 4.69) is 10.3 Å². The third kappa shape index (κ3) is 3.94. The number of aromatic nitrogens is 2. The first-order valence-electron chi connectivity index (χ1n) is 8.85. The van der Waals surface area contributed by atoms with Crippen molar-refractivity contribution in [1.82, 2.24) is 9.55 Å². The molecule has 0 spiro atoms. The number of thioether (sulfide) groups is 1. The predicted molar refractivity (Wildman–Crippen MR) is 107 cm³/mol. The van der Waals surface area contributed by atoms with Crippen LogP contribution in [-0.4, -0.2) is 42.5 Å². The third-order valence-corrected chi connectivity index (χ3v) is 5.57. The zero-order valence-electron chi connectivity index (χ0n) is 16.3. The van der Waals surface area contributed by atoms with E-state index < -0.39 is 0 Å². The van der Waals surface area contributed by atoms with E-state index in [0.717, 1.165) is 5.69 Å². The third-order valence-electron chi connectivity index (χ3n) is 4.47. The molecule has 1 amide bonds. The normalized spacial score (nSPS) is 15.1. The van der Waals surface area contributed by atoms with Crippen molar-refractivity contribution in [2.45, 2.75) is 31.0 Å². The lowest BCUT2D eigenvalue weighted by molar-refractivity contribution is -0.116. The van der Waals surface area contributed by atoms with E-state index in [1.165, 1.54) is 33.1 Å².